The van der Waals surface area contributed by atoms with E-state index in [-0.39, 0.29) is 5.97 Å². The van der Waals surface area contributed by atoms with Crippen molar-refractivity contribution in [3.8, 4) is 0 Å². The third-order valence-electron chi connectivity index (χ3n) is 5.19. The van der Waals surface area contributed by atoms with Crippen LogP contribution in [0.15, 0.2) is 0 Å². The SMILES string of the molecule is CCOC(=O)C(COC1CCC(C)(C)CC1)(NC)C1CC1. The fourth-order valence-corrected chi connectivity index (χ4v) is 3.35. The minimum Gasteiger partial charge on any atom is -0.465 e. The van der Waals surface area contributed by atoms with Gasteiger partial charge in [-0.25, -0.2) is 4.79 Å². The first kappa shape index (κ1) is 16.8. The lowest BCUT2D eigenvalue weighted by atomic mass is 9.76. The molecule has 0 bridgehead atoms. The number of rotatable bonds is 7. The molecule has 2 fully saturated rings. The van der Waals surface area contributed by atoms with Crippen LogP contribution >= 0.6 is 0 Å². The van der Waals surface area contributed by atoms with Crippen LogP contribution in [0.25, 0.3) is 0 Å². The lowest BCUT2D eigenvalue weighted by Crippen LogP contribution is -2.57. The quantitative estimate of drug-likeness (QED) is 0.734. The van der Waals surface area contributed by atoms with E-state index >= 15 is 0 Å². The molecule has 1 unspecified atom stereocenters. The number of ether oxygens (including phenoxy) is 2. The molecule has 0 radical (unpaired) electrons. The molecule has 0 aliphatic heterocycles. The molecule has 0 spiro atoms. The van der Waals surface area contributed by atoms with Gasteiger partial charge in [0, 0.05) is 0 Å². The Kier molecular flexibility index (Phi) is 5.31. The standard InChI is InChI=1S/C17H31NO3/c1-5-20-15(19)17(18-4,13-6-7-13)12-21-14-8-10-16(2,3)11-9-14/h13-14,18H,5-12H2,1-4H3. The molecule has 122 valence electrons. The van der Waals surface area contributed by atoms with Crippen molar-refractivity contribution >= 4 is 5.97 Å². The average molecular weight is 297 g/mol. The number of carbonyl (C=O) groups is 1. The Morgan fingerprint density at radius 1 is 1.24 bits per heavy atom. The Morgan fingerprint density at radius 2 is 1.86 bits per heavy atom. The predicted molar refractivity (Wildman–Crippen MR) is 83.1 cm³/mol. The van der Waals surface area contributed by atoms with Crippen LogP contribution < -0.4 is 5.32 Å². The van der Waals surface area contributed by atoms with E-state index in [1.165, 1.54) is 12.8 Å². The Balaban J connectivity index is 1.92. The van der Waals surface area contributed by atoms with Crippen LogP contribution in [0.1, 0.15) is 59.3 Å². The summed E-state index contributed by atoms with van der Waals surface area (Å²) in [4.78, 5) is 12.4. The lowest BCUT2D eigenvalue weighted by Gasteiger charge is -2.37. The molecule has 0 aromatic heterocycles. The molecule has 2 saturated carbocycles. The molecule has 4 heteroatoms. The minimum absolute atomic E-state index is 0.147. The van der Waals surface area contributed by atoms with Gasteiger partial charge in [-0.05, 0) is 63.8 Å². The van der Waals surface area contributed by atoms with Crippen LogP contribution in [-0.4, -0.2) is 37.9 Å². The molecule has 4 nitrogen and oxygen atoms in total. The van der Waals surface area contributed by atoms with Gasteiger partial charge >= 0.3 is 5.97 Å². The highest BCUT2D eigenvalue weighted by atomic mass is 16.5. The normalized spacial score (nSPS) is 25.3. The highest BCUT2D eigenvalue weighted by Gasteiger charge is 2.51. The highest BCUT2D eigenvalue weighted by molar-refractivity contribution is 5.82. The molecule has 1 atom stereocenters. The Morgan fingerprint density at radius 3 is 2.33 bits per heavy atom. The van der Waals surface area contributed by atoms with Gasteiger partial charge in [0.1, 0.15) is 5.54 Å². The molecule has 2 aliphatic carbocycles. The largest absolute Gasteiger partial charge is 0.465 e. The number of hydrogen-bond acceptors (Lipinski definition) is 4. The Hall–Kier alpha value is -0.610. The molecule has 0 amide bonds. The van der Waals surface area contributed by atoms with E-state index in [0.29, 0.717) is 30.7 Å². The summed E-state index contributed by atoms with van der Waals surface area (Å²) in [5.41, 5.74) is -0.194. The number of likely N-dealkylation sites (N-methyl/N-ethyl adjacent to an activating group) is 1. The molecule has 1 N–H and O–H groups in total. The monoisotopic (exact) mass is 297 g/mol. The molecular weight excluding hydrogens is 266 g/mol. The van der Waals surface area contributed by atoms with Crippen LogP contribution in [0.3, 0.4) is 0 Å². The maximum absolute atomic E-state index is 12.4. The van der Waals surface area contributed by atoms with Crippen molar-refractivity contribution in [1.82, 2.24) is 5.32 Å². The lowest BCUT2D eigenvalue weighted by molar-refractivity contribution is -0.157. The van der Waals surface area contributed by atoms with Crippen molar-refractivity contribution in [3.05, 3.63) is 0 Å². The second-order valence-corrected chi connectivity index (χ2v) is 7.39. The van der Waals surface area contributed by atoms with E-state index < -0.39 is 5.54 Å². The molecule has 0 heterocycles. The predicted octanol–water partition coefficient (Wildman–Crippen LogP) is 2.90. The van der Waals surface area contributed by atoms with Gasteiger partial charge in [0.25, 0.3) is 0 Å². The number of carbonyl (C=O) groups excluding carboxylic acids is 1. The molecule has 0 aromatic carbocycles. The summed E-state index contributed by atoms with van der Waals surface area (Å²) in [6.07, 6.45) is 7.06. The zero-order valence-corrected chi connectivity index (χ0v) is 14.0. The Bertz CT molecular complexity index is 355. The van der Waals surface area contributed by atoms with Gasteiger partial charge in [-0.3, -0.25) is 0 Å². The molecule has 0 aromatic rings. The third kappa shape index (κ3) is 3.98. The minimum atomic E-state index is -0.636. The van der Waals surface area contributed by atoms with Crippen molar-refractivity contribution in [3.63, 3.8) is 0 Å². The summed E-state index contributed by atoms with van der Waals surface area (Å²) in [5, 5.41) is 3.22. The highest BCUT2D eigenvalue weighted by Crippen LogP contribution is 2.42. The van der Waals surface area contributed by atoms with E-state index in [0.717, 1.165) is 25.7 Å². The van der Waals surface area contributed by atoms with Crippen LogP contribution in [-0.2, 0) is 14.3 Å². The van der Waals surface area contributed by atoms with Gasteiger partial charge in [0.15, 0.2) is 0 Å². The van der Waals surface area contributed by atoms with Crippen LogP contribution in [0.5, 0.6) is 0 Å². The first-order valence-corrected chi connectivity index (χ1v) is 8.41. The summed E-state index contributed by atoms with van der Waals surface area (Å²) in [6, 6.07) is 0. The van der Waals surface area contributed by atoms with Crippen LogP contribution in [0.2, 0.25) is 0 Å². The van der Waals surface area contributed by atoms with E-state index in [2.05, 4.69) is 19.2 Å². The van der Waals surface area contributed by atoms with E-state index in [1.807, 2.05) is 14.0 Å². The molecular formula is C17H31NO3. The van der Waals surface area contributed by atoms with Crippen LogP contribution in [0, 0.1) is 11.3 Å². The zero-order valence-electron chi connectivity index (χ0n) is 14.0. The fourth-order valence-electron chi connectivity index (χ4n) is 3.35. The molecule has 2 aliphatic rings. The van der Waals surface area contributed by atoms with Crippen molar-refractivity contribution in [2.75, 3.05) is 20.3 Å². The number of esters is 1. The summed E-state index contributed by atoms with van der Waals surface area (Å²) < 4.78 is 11.4. The van der Waals surface area contributed by atoms with E-state index in [4.69, 9.17) is 9.47 Å². The summed E-state index contributed by atoms with van der Waals surface area (Å²) in [5.74, 6) is 0.215. The van der Waals surface area contributed by atoms with Gasteiger partial charge in [0.2, 0.25) is 0 Å². The van der Waals surface area contributed by atoms with Gasteiger partial charge in [-0.15, -0.1) is 0 Å². The fraction of sp³-hybridized carbons (Fsp3) is 0.941. The van der Waals surface area contributed by atoms with Crippen molar-refractivity contribution < 1.29 is 14.3 Å². The smallest absolute Gasteiger partial charge is 0.329 e. The first-order valence-electron chi connectivity index (χ1n) is 8.41. The maximum Gasteiger partial charge on any atom is 0.329 e. The van der Waals surface area contributed by atoms with Gasteiger partial charge in [-0.1, -0.05) is 13.8 Å². The van der Waals surface area contributed by atoms with Gasteiger partial charge < -0.3 is 14.8 Å². The van der Waals surface area contributed by atoms with Gasteiger partial charge in [0.05, 0.1) is 19.3 Å². The van der Waals surface area contributed by atoms with Crippen molar-refractivity contribution in [2.24, 2.45) is 11.3 Å². The van der Waals surface area contributed by atoms with Crippen molar-refractivity contribution in [1.29, 1.82) is 0 Å². The number of hydrogen-bond donors (Lipinski definition) is 1. The van der Waals surface area contributed by atoms with E-state index in [9.17, 15) is 4.79 Å². The summed E-state index contributed by atoms with van der Waals surface area (Å²) in [6.45, 7) is 7.37. The van der Waals surface area contributed by atoms with Crippen molar-refractivity contribution in [2.45, 2.75) is 70.9 Å². The number of nitrogens with one attached hydrogen (secondary N) is 1. The average Bonchev–Trinajstić information content (AvgIpc) is 3.27. The topological polar surface area (TPSA) is 47.6 Å². The second-order valence-electron chi connectivity index (χ2n) is 7.39. The van der Waals surface area contributed by atoms with Crippen LogP contribution in [0.4, 0.5) is 0 Å². The maximum atomic E-state index is 12.4. The summed E-state index contributed by atoms with van der Waals surface area (Å²) in [7, 11) is 1.85. The van der Waals surface area contributed by atoms with Gasteiger partial charge in [-0.2, -0.15) is 0 Å². The summed E-state index contributed by atoms with van der Waals surface area (Å²) >= 11 is 0. The zero-order chi connectivity index (χ0) is 15.5. The molecule has 0 saturated heterocycles. The third-order valence-corrected chi connectivity index (χ3v) is 5.19. The molecule has 21 heavy (non-hydrogen) atoms. The first-order chi connectivity index (χ1) is 9.93. The van der Waals surface area contributed by atoms with E-state index in [1.54, 1.807) is 0 Å². The second kappa shape index (κ2) is 6.66. The molecule has 2 rings (SSSR count). The Labute approximate surface area is 129 Å².